The highest BCUT2D eigenvalue weighted by Gasteiger charge is 2.33. The van der Waals surface area contributed by atoms with Crippen molar-refractivity contribution >= 4 is 0 Å². The summed E-state index contributed by atoms with van der Waals surface area (Å²) in [7, 11) is 0. The van der Waals surface area contributed by atoms with Crippen molar-refractivity contribution < 1.29 is 0 Å². The minimum absolute atomic E-state index is 0.586. The molecule has 0 aliphatic carbocycles. The number of fused-ring (bicyclic) bond motifs is 4. The van der Waals surface area contributed by atoms with Gasteiger partial charge in [-0.25, -0.2) is 0 Å². The van der Waals surface area contributed by atoms with E-state index in [1.54, 1.807) is 0 Å². The highest BCUT2D eigenvalue weighted by atomic mass is 15.2. The van der Waals surface area contributed by atoms with Gasteiger partial charge in [-0.15, -0.1) is 12.3 Å². The lowest BCUT2D eigenvalue weighted by Crippen LogP contribution is -2.40. The Morgan fingerprint density at radius 1 is 1.29 bits per heavy atom. The van der Waals surface area contributed by atoms with Gasteiger partial charge in [0.05, 0.1) is 0 Å². The zero-order valence-corrected chi connectivity index (χ0v) is 8.78. The molecule has 14 heavy (non-hydrogen) atoms. The zero-order chi connectivity index (χ0) is 9.97. The van der Waals surface area contributed by atoms with Crippen LogP contribution in [0.25, 0.3) is 0 Å². The molecule has 3 aliphatic heterocycles. The van der Waals surface area contributed by atoms with Crippen LogP contribution >= 0.6 is 0 Å². The second kappa shape index (κ2) is 4.16. The first kappa shape index (κ1) is 9.76. The van der Waals surface area contributed by atoms with E-state index in [0.29, 0.717) is 12.0 Å². The van der Waals surface area contributed by atoms with Gasteiger partial charge in [-0.2, -0.15) is 0 Å². The molecule has 3 heterocycles. The van der Waals surface area contributed by atoms with E-state index in [2.05, 4.69) is 35.9 Å². The molecule has 3 rings (SSSR count). The fourth-order valence-corrected chi connectivity index (χ4v) is 2.88. The van der Waals surface area contributed by atoms with Crippen LogP contribution in [0.3, 0.4) is 0 Å². The average Bonchev–Trinajstić information content (AvgIpc) is 2.50. The number of nitrogens with zero attached hydrogens (tertiary/aromatic N) is 1. The number of hydrogen-bond acceptors (Lipinski definition) is 1. The van der Waals surface area contributed by atoms with Gasteiger partial charge in [0.25, 0.3) is 0 Å². The van der Waals surface area contributed by atoms with Crippen LogP contribution in [0.5, 0.6) is 0 Å². The fraction of sp³-hybridized carbons (Fsp3) is 0.615. The van der Waals surface area contributed by atoms with Crippen molar-refractivity contribution in [2.24, 2.45) is 11.8 Å². The largest absolute Gasteiger partial charge is 0.296 e. The summed E-state index contributed by atoms with van der Waals surface area (Å²) in [5.74, 6) is 1.60. The number of hydrogen-bond donors (Lipinski definition) is 0. The van der Waals surface area contributed by atoms with Crippen molar-refractivity contribution in [3.05, 3.63) is 31.0 Å². The van der Waals surface area contributed by atoms with Crippen molar-refractivity contribution in [2.45, 2.75) is 25.3 Å². The molecule has 1 heteroatoms. The predicted molar refractivity (Wildman–Crippen MR) is 60.1 cm³/mol. The molecule has 1 unspecified atom stereocenters. The van der Waals surface area contributed by atoms with Gasteiger partial charge in [0, 0.05) is 12.6 Å². The Bertz CT molecular complexity index is 262. The summed E-state index contributed by atoms with van der Waals surface area (Å²) in [6.45, 7) is 10.1. The molecule has 76 valence electrons. The van der Waals surface area contributed by atoms with Crippen LogP contribution in [0.1, 0.15) is 19.3 Å². The summed E-state index contributed by atoms with van der Waals surface area (Å²) in [6, 6.07) is 0.586. The Morgan fingerprint density at radius 3 is 2.86 bits per heavy atom. The quantitative estimate of drug-likeness (QED) is 0.477. The van der Waals surface area contributed by atoms with E-state index in [9.17, 15) is 0 Å². The highest BCUT2D eigenvalue weighted by Crippen LogP contribution is 2.35. The summed E-state index contributed by atoms with van der Waals surface area (Å²) >= 11 is 0. The Balaban J connectivity index is 2.15. The van der Waals surface area contributed by atoms with E-state index in [4.69, 9.17) is 0 Å². The molecule has 2 bridgehead atoms. The summed E-state index contributed by atoms with van der Waals surface area (Å²) in [4.78, 5) is 2.56. The first-order valence-electron chi connectivity index (χ1n) is 5.57. The lowest BCUT2D eigenvalue weighted by atomic mass is 9.85. The van der Waals surface area contributed by atoms with E-state index < -0.39 is 0 Å². The summed E-state index contributed by atoms with van der Waals surface area (Å²) in [5, 5.41) is 0. The molecule has 3 saturated heterocycles. The standard InChI is InChI=1S/C13H19N/c1-3-5-13-7-6-12-8-9-14(13)10-11(12)4-2/h4-5,11-13H,1-2,6-10H2/t11-,12+,13-/m0/s1. The van der Waals surface area contributed by atoms with Crippen molar-refractivity contribution in [1.82, 2.24) is 4.90 Å². The van der Waals surface area contributed by atoms with Crippen molar-refractivity contribution in [2.75, 3.05) is 13.1 Å². The second-order valence-electron chi connectivity index (χ2n) is 4.46. The molecule has 0 saturated carbocycles. The summed E-state index contributed by atoms with van der Waals surface area (Å²) in [5.41, 5.74) is 2.94. The lowest BCUT2D eigenvalue weighted by Gasteiger charge is -2.35. The van der Waals surface area contributed by atoms with Gasteiger partial charge in [-0.3, -0.25) is 4.90 Å². The number of rotatable bonds is 2. The maximum atomic E-state index is 3.95. The Labute approximate surface area is 86.8 Å². The van der Waals surface area contributed by atoms with Crippen LogP contribution < -0.4 is 0 Å². The maximum Gasteiger partial charge on any atom is 0.0352 e. The average molecular weight is 189 g/mol. The monoisotopic (exact) mass is 189 g/mol. The van der Waals surface area contributed by atoms with Crippen molar-refractivity contribution in [1.29, 1.82) is 0 Å². The number of piperidine rings is 1. The fourth-order valence-electron chi connectivity index (χ4n) is 2.88. The molecule has 0 amide bonds. The summed E-state index contributed by atoms with van der Waals surface area (Å²) < 4.78 is 0. The van der Waals surface area contributed by atoms with Crippen LogP contribution in [0.15, 0.2) is 31.0 Å². The van der Waals surface area contributed by atoms with E-state index in [1.165, 1.54) is 32.4 Å². The molecule has 0 radical (unpaired) electrons. The first-order valence-corrected chi connectivity index (χ1v) is 5.57. The Hall–Kier alpha value is -0.780. The van der Waals surface area contributed by atoms with E-state index in [1.807, 2.05) is 0 Å². The van der Waals surface area contributed by atoms with E-state index >= 15 is 0 Å². The van der Waals surface area contributed by atoms with Gasteiger partial charge in [-0.1, -0.05) is 12.7 Å². The van der Waals surface area contributed by atoms with Crippen LogP contribution in [-0.2, 0) is 0 Å². The topological polar surface area (TPSA) is 3.24 Å². The maximum absolute atomic E-state index is 3.95. The lowest BCUT2D eigenvalue weighted by molar-refractivity contribution is 0.158. The molecule has 3 aliphatic rings. The van der Waals surface area contributed by atoms with Crippen molar-refractivity contribution in [3.8, 4) is 0 Å². The highest BCUT2D eigenvalue weighted by molar-refractivity contribution is 5.01. The van der Waals surface area contributed by atoms with E-state index in [0.717, 1.165) is 5.92 Å². The van der Waals surface area contributed by atoms with Gasteiger partial charge >= 0.3 is 0 Å². The van der Waals surface area contributed by atoms with Gasteiger partial charge in [0.15, 0.2) is 0 Å². The molecule has 0 aromatic heterocycles. The molecule has 0 aromatic rings. The van der Waals surface area contributed by atoms with Crippen LogP contribution in [0, 0.1) is 11.8 Å². The van der Waals surface area contributed by atoms with Gasteiger partial charge < -0.3 is 0 Å². The second-order valence-corrected chi connectivity index (χ2v) is 4.46. The van der Waals surface area contributed by atoms with Crippen LogP contribution in [-0.4, -0.2) is 24.0 Å². The smallest absolute Gasteiger partial charge is 0.0352 e. The molecule has 3 fully saturated rings. The van der Waals surface area contributed by atoms with Gasteiger partial charge in [-0.05, 0) is 43.7 Å². The van der Waals surface area contributed by atoms with E-state index in [-0.39, 0.29) is 0 Å². The van der Waals surface area contributed by atoms with Crippen molar-refractivity contribution in [3.63, 3.8) is 0 Å². The van der Waals surface area contributed by atoms with Crippen LogP contribution in [0.4, 0.5) is 0 Å². The minimum atomic E-state index is 0.586. The molecular weight excluding hydrogens is 170 g/mol. The first-order chi connectivity index (χ1) is 6.85. The SMILES string of the molecule is C=C=C[C@H]1CC[C@@H]2CCN1C[C@@H]2C=C. The Kier molecular flexibility index (Phi) is 2.90. The third-order valence-electron chi connectivity index (χ3n) is 3.75. The van der Waals surface area contributed by atoms with Gasteiger partial charge in [0.1, 0.15) is 0 Å². The third-order valence-corrected chi connectivity index (χ3v) is 3.75. The molecular formula is C13H19N. The summed E-state index contributed by atoms with van der Waals surface area (Å²) in [6.07, 6.45) is 8.25. The molecule has 1 nitrogen and oxygen atoms in total. The third kappa shape index (κ3) is 1.70. The Morgan fingerprint density at radius 2 is 2.14 bits per heavy atom. The minimum Gasteiger partial charge on any atom is -0.296 e. The predicted octanol–water partition coefficient (Wildman–Crippen LogP) is 2.61. The van der Waals surface area contributed by atoms with Crippen LogP contribution in [0.2, 0.25) is 0 Å². The molecule has 0 N–H and O–H groups in total. The molecule has 0 aromatic carbocycles. The normalized spacial score (nSPS) is 41.1. The molecule has 4 atom stereocenters. The molecule has 0 spiro atoms. The van der Waals surface area contributed by atoms with Gasteiger partial charge in [0.2, 0.25) is 0 Å². The zero-order valence-electron chi connectivity index (χ0n) is 8.78.